The highest BCUT2D eigenvalue weighted by Crippen LogP contribution is 2.16. The average molecular weight is 248 g/mol. The summed E-state index contributed by atoms with van der Waals surface area (Å²) in [5.74, 6) is -0.562. The normalized spacial score (nSPS) is 25.7. The number of hydrogen-bond acceptors (Lipinski definition) is 2. The van der Waals surface area contributed by atoms with Gasteiger partial charge in [0.1, 0.15) is 12.1 Å². The van der Waals surface area contributed by atoms with Gasteiger partial charge in [0.05, 0.1) is 6.54 Å². The summed E-state index contributed by atoms with van der Waals surface area (Å²) in [5.41, 5.74) is 0. The Labute approximate surface area is 99.3 Å². The maximum atomic E-state index is 12.4. The molecule has 1 aliphatic rings. The number of amides is 2. The molecule has 1 aliphatic heterocycles. The lowest BCUT2D eigenvalue weighted by molar-refractivity contribution is -0.151. The Morgan fingerprint density at radius 1 is 1.35 bits per heavy atom. The molecule has 1 N–H and O–H groups in total. The summed E-state index contributed by atoms with van der Waals surface area (Å²) in [4.78, 5) is 24.5. The van der Waals surface area contributed by atoms with E-state index in [0.29, 0.717) is 6.42 Å². The van der Waals surface area contributed by atoms with Gasteiger partial charge in [-0.15, -0.1) is 0 Å². The van der Waals surface area contributed by atoms with Crippen molar-refractivity contribution in [2.75, 3.05) is 6.54 Å². The van der Waals surface area contributed by atoms with Crippen LogP contribution < -0.4 is 5.32 Å². The molecular weight excluding hydrogens is 230 g/mol. The molecule has 0 radical (unpaired) electrons. The van der Waals surface area contributed by atoms with Gasteiger partial charge >= 0.3 is 0 Å². The Morgan fingerprint density at radius 2 is 1.94 bits per heavy atom. The minimum absolute atomic E-state index is 0.214. The zero-order valence-corrected chi connectivity index (χ0v) is 10.2. The second kappa shape index (κ2) is 5.42. The molecule has 6 heteroatoms. The van der Waals surface area contributed by atoms with Crippen LogP contribution in [0.2, 0.25) is 0 Å². The predicted molar refractivity (Wildman–Crippen MR) is 58.6 cm³/mol. The minimum atomic E-state index is -2.62. The van der Waals surface area contributed by atoms with Crippen LogP contribution in [0.3, 0.4) is 0 Å². The van der Waals surface area contributed by atoms with Gasteiger partial charge in [-0.2, -0.15) is 0 Å². The Hall–Kier alpha value is -1.20. The van der Waals surface area contributed by atoms with Gasteiger partial charge in [0.25, 0.3) is 6.43 Å². The van der Waals surface area contributed by atoms with Crippen molar-refractivity contribution in [3.63, 3.8) is 0 Å². The first kappa shape index (κ1) is 13.9. The van der Waals surface area contributed by atoms with E-state index in [1.807, 2.05) is 13.8 Å². The Balaban J connectivity index is 2.79. The molecule has 1 rings (SSSR count). The van der Waals surface area contributed by atoms with E-state index in [0.717, 1.165) is 4.90 Å². The molecule has 17 heavy (non-hydrogen) atoms. The zero-order valence-electron chi connectivity index (χ0n) is 10.2. The lowest BCUT2D eigenvalue weighted by Gasteiger charge is -2.37. The smallest absolute Gasteiger partial charge is 0.255 e. The van der Waals surface area contributed by atoms with Crippen molar-refractivity contribution in [2.24, 2.45) is 5.92 Å². The van der Waals surface area contributed by atoms with Crippen LogP contribution in [0.25, 0.3) is 0 Å². The summed E-state index contributed by atoms with van der Waals surface area (Å²) >= 11 is 0. The van der Waals surface area contributed by atoms with Crippen LogP contribution in [0.1, 0.15) is 27.2 Å². The van der Waals surface area contributed by atoms with E-state index < -0.39 is 31.0 Å². The van der Waals surface area contributed by atoms with Crippen molar-refractivity contribution in [1.29, 1.82) is 0 Å². The minimum Gasteiger partial charge on any atom is -0.343 e. The first-order chi connectivity index (χ1) is 7.82. The average Bonchev–Trinajstić information content (AvgIpc) is 2.20. The molecule has 1 saturated heterocycles. The summed E-state index contributed by atoms with van der Waals surface area (Å²) in [6.45, 7) is 4.60. The van der Waals surface area contributed by atoms with Crippen molar-refractivity contribution < 1.29 is 18.4 Å². The number of alkyl halides is 2. The quantitative estimate of drug-likeness (QED) is 0.807. The Kier molecular flexibility index (Phi) is 4.42. The number of hydrogen-bond donors (Lipinski definition) is 1. The Morgan fingerprint density at radius 3 is 2.41 bits per heavy atom. The molecule has 1 fully saturated rings. The maximum absolute atomic E-state index is 12.4. The maximum Gasteiger partial charge on any atom is 0.255 e. The van der Waals surface area contributed by atoms with Gasteiger partial charge in [0, 0.05) is 0 Å². The number of rotatable bonds is 4. The van der Waals surface area contributed by atoms with Crippen molar-refractivity contribution in [2.45, 2.75) is 45.7 Å². The van der Waals surface area contributed by atoms with Gasteiger partial charge in [-0.05, 0) is 19.3 Å². The molecule has 0 aromatic rings. The number of carbonyl (C=O) groups excluding carboxylic acids is 2. The van der Waals surface area contributed by atoms with Crippen LogP contribution in [0.4, 0.5) is 8.78 Å². The highest BCUT2D eigenvalue weighted by atomic mass is 19.3. The molecule has 2 atom stereocenters. The summed E-state index contributed by atoms with van der Waals surface area (Å²) < 4.78 is 24.7. The molecule has 0 bridgehead atoms. The first-order valence-corrected chi connectivity index (χ1v) is 5.72. The van der Waals surface area contributed by atoms with Gasteiger partial charge in [0.15, 0.2) is 0 Å². The summed E-state index contributed by atoms with van der Waals surface area (Å²) in [6, 6.07) is -1.49. The molecule has 4 nitrogen and oxygen atoms in total. The molecule has 1 heterocycles. The molecule has 2 unspecified atom stereocenters. The Bertz CT molecular complexity index is 308. The largest absolute Gasteiger partial charge is 0.343 e. The monoisotopic (exact) mass is 248 g/mol. The molecule has 0 saturated carbocycles. The van der Waals surface area contributed by atoms with Crippen LogP contribution >= 0.6 is 0 Å². The second-order valence-corrected chi connectivity index (χ2v) is 4.75. The van der Waals surface area contributed by atoms with E-state index in [4.69, 9.17) is 0 Å². The number of nitrogens with one attached hydrogen (secondary N) is 1. The molecular formula is C11H18F2N2O2. The summed E-state index contributed by atoms with van der Waals surface area (Å²) in [7, 11) is 0. The molecule has 0 aliphatic carbocycles. The van der Waals surface area contributed by atoms with Gasteiger partial charge in [-0.1, -0.05) is 13.8 Å². The van der Waals surface area contributed by atoms with E-state index >= 15 is 0 Å². The molecule has 0 spiro atoms. The van der Waals surface area contributed by atoms with Crippen LogP contribution in [0.5, 0.6) is 0 Å². The van der Waals surface area contributed by atoms with E-state index in [1.165, 1.54) is 6.92 Å². The standard InChI is InChI=1S/C11H18F2N2O2/c1-6(2)4-8-11(17)15(5-9(12)13)7(3)10(16)14-8/h6-9H,4-5H2,1-3H3,(H,14,16). The number of nitrogens with zero attached hydrogens (tertiary/aromatic N) is 1. The molecule has 98 valence electrons. The van der Waals surface area contributed by atoms with Crippen molar-refractivity contribution in [3.8, 4) is 0 Å². The third kappa shape index (κ3) is 3.38. The predicted octanol–water partition coefficient (Wildman–Crippen LogP) is 1.01. The zero-order chi connectivity index (χ0) is 13.2. The van der Waals surface area contributed by atoms with E-state index in [9.17, 15) is 18.4 Å². The van der Waals surface area contributed by atoms with Gasteiger partial charge in [-0.3, -0.25) is 9.59 Å². The molecule has 0 aromatic heterocycles. The SMILES string of the molecule is CC(C)CC1NC(=O)C(C)N(CC(F)F)C1=O. The number of halogens is 2. The number of piperazine rings is 1. The van der Waals surface area contributed by atoms with E-state index in [2.05, 4.69) is 5.32 Å². The molecule has 2 amide bonds. The van der Waals surface area contributed by atoms with Crippen LogP contribution in [0.15, 0.2) is 0 Å². The van der Waals surface area contributed by atoms with Crippen molar-refractivity contribution >= 4 is 11.8 Å². The fourth-order valence-corrected chi connectivity index (χ4v) is 1.91. The third-order valence-corrected chi connectivity index (χ3v) is 2.79. The van der Waals surface area contributed by atoms with Gasteiger partial charge < -0.3 is 10.2 Å². The lowest BCUT2D eigenvalue weighted by atomic mass is 9.99. The van der Waals surface area contributed by atoms with Crippen LogP contribution in [0, 0.1) is 5.92 Å². The first-order valence-electron chi connectivity index (χ1n) is 5.72. The van der Waals surface area contributed by atoms with Crippen molar-refractivity contribution in [1.82, 2.24) is 10.2 Å². The van der Waals surface area contributed by atoms with Crippen molar-refractivity contribution in [3.05, 3.63) is 0 Å². The lowest BCUT2D eigenvalue weighted by Crippen LogP contribution is -2.63. The fraction of sp³-hybridized carbons (Fsp3) is 0.818. The number of carbonyl (C=O) groups is 2. The van der Waals surface area contributed by atoms with E-state index in [1.54, 1.807) is 0 Å². The fourth-order valence-electron chi connectivity index (χ4n) is 1.91. The second-order valence-electron chi connectivity index (χ2n) is 4.75. The summed E-state index contributed by atoms with van der Waals surface area (Å²) in [5, 5.41) is 2.58. The highest BCUT2D eigenvalue weighted by molar-refractivity contribution is 5.96. The van der Waals surface area contributed by atoms with Gasteiger partial charge in [0.2, 0.25) is 11.8 Å². The van der Waals surface area contributed by atoms with Gasteiger partial charge in [-0.25, -0.2) is 8.78 Å². The third-order valence-electron chi connectivity index (χ3n) is 2.79. The molecule has 0 aromatic carbocycles. The highest BCUT2D eigenvalue weighted by Gasteiger charge is 2.39. The van der Waals surface area contributed by atoms with Crippen LogP contribution in [-0.4, -0.2) is 41.8 Å². The van der Waals surface area contributed by atoms with Crippen LogP contribution in [-0.2, 0) is 9.59 Å². The summed E-state index contributed by atoms with van der Waals surface area (Å²) in [6.07, 6.45) is -2.15. The van der Waals surface area contributed by atoms with E-state index in [-0.39, 0.29) is 11.8 Å². The topological polar surface area (TPSA) is 49.4 Å².